The molecule has 1 saturated heterocycles. The van der Waals surface area contributed by atoms with Crippen LogP contribution in [-0.4, -0.2) is 36.6 Å². The van der Waals surface area contributed by atoms with Crippen molar-refractivity contribution >= 4 is 17.5 Å². The predicted octanol–water partition coefficient (Wildman–Crippen LogP) is 2.58. The number of nitrogens with zero attached hydrogens (tertiary/aromatic N) is 1. The Balaban J connectivity index is 1.34. The van der Waals surface area contributed by atoms with Crippen LogP contribution in [0, 0.1) is 11.7 Å². The monoisotopic (exact) mass is 370 g/mol. The molecule has 140 valence electrons. The maximum atomic E-state index is 13.7. The standard InChI is InChI=1S/C20H19FN2O4/c21-16-4-2-1-3-13(16)7-8-23-11-14(9-19(23)24)20(25)22-15-5-6-17-18(10-15)27-12-26-17/h1-6,10,14H,7-9,11-12H2,(H,22,25). The van der Waals surface area contributed by atoms with Crippen molar-refractivity contribution in [3.05, 3.63) is 53.8 Å². The maximum absolute atomic E-state index is 13.7. The van der Waals surface area contributed by atoms with Crippen molar-refractivity contribution in [2.24, 2.45) is 5.92 Å². The van der Waals surface area contributed by atoms with Gasteiger partial charge in [-0.3, -0.25) is 9.59 Å². The van der Waals surface area contributed by atoms with Crippen LogP contribution in [0.15, 0.2) is 42.5 Å². The first kappa shape index (κ1) is 17.3. The molecule has 0 bridgehead atoms. The largest absolute Gasteiger partial charge is 0.454 e. The fourth-order valence-corrected chi connectivity index (χ4v) is 3.34. The molecule has 2 aromatic carbocycles. The van der Waals surface area contributed by atoms with Gasteiger partial charge in [-0.25, -0.2) is 4.39 Å². The highest BCUT2D eigenvalue weighted by atomic mass is 19.1. The minimum atomic E-state index is -0.427. The van der Waals surface area contributed by atoms with Crippen LogP contribution < -0.4 is 14.8 Å². The van der Waals surface area contributed by atoms with Gasteiger partial charge in [0, 0.05) is 31.3 Å². The van der Waals surface area contributed by atoms with E-state index in [1.807, 2.05) is 0 Å². The van der Waals surface area contributed by atoms with Crippen molar-refractivity contribution in [1.29, 1.82) is 0 Å². The third kappa shape index (κ3) is 3.72. The molecule has 0 saturated carbocycles. The molecule has 0 aromatic heterocycles. The summed E-state index contributed by atoms with van der Waals surface area (Å²) in [6.45, 7) is 0.901. The number of nitrogens with one attached hydrogen (secondary N) is 1. The van der Waals surface area contributed by atoms with Crippen molar-refractivity contribution in [2.75, 3.05) is 25.2 Å². The molecule has 4 rings (SSSR count). The molecule has 1 unspecified atom stereocenters. The Hall–Kier alpha value is -3.09. The summed E-state index contributed by atoms with van der Waals surface area (Å²) in [5.41, 5.74) is 1.17. The Labute approximate surface area is 155 Å². The number of hydrogen-bond acceptors (Lipinski definition) is 4. The predicted molar refractivity (Wildman–Crippen MR) is 96.0 cm³/mol. The van der Waals surface area contributed by atoms with E-state index in [1.54, 1.807) is 41.3 Å². The van der Waals surface area contributed by atoms with Crippen LogP contribution in [0.2, 0.25) is 0 Å². The number of likely N-dealkylation sites (tertiary alicyclic amines) is 1. The molecule has 0 radical (unpaired) electrons. The number of halogens is 1. The van der Waals surface area contributed by atoms with Crippen LogP contribution in [-0.2, 0) is 16.0 Å². The highest BCUT2D eigenvalue weighted by molar-refractivity contribution is 5.97. The van der Waals surface area contributed by atoms with E-state index in [2.05, 4.69) is 5.32 Å². The van der Waals surface area contributed by atoms with Gasteiger partial charge < -0.3 is 19.7 Å². The summed E-state index contributed by atoms with van der Waals surface area (Å²) in [4.78, 5) is 26.4. The highest BCUT2D eigenvalue weighted by Crippen LogP contribution is 2.34. The van der Waals surface area contributed by atoms with Gasteiger partial charge in [-0.15, -0.1) is 0 Å². The van der Waals surface area contributed by atoms with Crippen LogP contribution in [0.4, 0.5) is 10.1 Å². The van der Waals surface area contributed by atoms with Crippen LogP contribution in [0.25, 0.3) is 0 Å². The van der Waals surface area contributed by atoms with Gasteiger partial charge in [0.25, 0.3) is 0 Å². The van der Waals surface area contributed by atoms with Crippen molar-refractivity contribution in [3.8, 4) is 11.5 Å². The van der Waals surface area contributed by atoms with Gasteiger partial charge in [-0.1, -0.05) is 18.2 Å². The average Bonchev–Trinajstić information content (AvgIpc) is 3.27. The van der Waals surface area contributed by atoms with E-state index in [-0.39, 0.29) is 30.8 Å². The van der Waals surface area contributed by atoms with Crippen molar-refractivity contribution in [2.45, 2.75) is 12.8 Å². The summed E-state index contributed by atoms with van der Waals surface area (Å²) in [6, 6.07) is 11.7. The lowest BCUT2D eigenvalue weighted by Gasteiger charge is -2.17. The Bertz CT molecular complexity index is 886. The first-order chi connectivity index (χ1) is 13.1. The molecular formula is C20H19FN2O4. The van der Waals surface area contributed by atoms with Gasteiger partial charge in [-0.05, 0) is 30.2 Å². The molecule has 7 heteroatoms. The van der Waals surface area contributed by atoms with E-state index < -0.39 is 5.92 Å². The first-order valence-electron chi connectivity index (χ1n) is 8.82. The van der Waals surface area contributed by atoms with E-state index in [0.717, 1.165) is 0 Å². The number of ether oxygens (including phenoxy) is 2. The van der Waals surface area contributed by atoms with Crippen LogP contribution in [0.5, 0.6) is 11.5 Å². The number of benzene rings is 2. The molecule has 27 heavy (non-hydrogen) atoms. The summed E-state index contributed by atoms with van der Waals surface area (Å²) in [6.07, 6.45) is 0.586. The number of hydrogen-bond donors (Lipinski definition) is 1. The number of rotatable bonds is 5. The Kier molecular flexibility index (Phi) is 4.66. The molecule has 2 aromatic rings. The molecule has 1 atom stereocenters. The molecule has 2 heterocycles. The number of carbonyl (C=O) groups excluding carboxylic acids is 2. The second-order valence-corrected chi connectivity index (χ2v) is 6.64. The number of carbonyl (C=O) groups is 2. The average molecular weight is 370 g/mol. The minimum absolute atomic E-state index is 0.0859. The summed E-state index contributed by atoms with van der Waals surface area (Å²) >= 11 is 0. The lowest BCUT2D eigenvalue weighted by atomic mass is 10.1. The lowest BCUT2D eigenvalue weighted by molar-refractivity contribution is -0.128. The van der Waals surface area contributed by atoms with Crippen LogP contribution >= 0.6 is 0 Å². The fourth-order valence-electron chi connectivity index (χ4n) is 3.34. The third-order valence-electron chi connectivity index (χ3n) is 4.83. The zero-order valence-electron chi connectivity index (χ0n) is 14.6. The number of amides is 2. The van der Waals surface area contributed by atoms with Gasteiger partial charge in [0.05, 0.1) is 5.92 Å². The van der Waals surface area contributed by atoms with E-state index in [0.29, 0.717) is 42.3 Å². The van der Waals surface area contributed by atoms with E-state index in [9.17, 15) is 14.0 Å². The van der Waals surface area contributed by atoms with Crippen LogP contribution in [0.3, 0.4) is 0 Å². The van der Waals surface area contributed by atoms with Gasteiger partial charge in [0.1, 0.15) is 5.82 Å². The quantitative estimate of drug-likeness (QED) is 0.879. The summed E-state index contributed by atoms with van der Waals surface area (Å²) in [5.74, 6) is 0.225. The molecule has 2 aliphatic rings. The van der Waals surface area contributed by atoms with Gasteiger partial charge in [0.2, 0.25) is 18.6 Å². The topological polar surface area (TPSA) is 67.9 Å². The summed E-state index contributed by atoms with van der Waals surface area (Å²) in [5, 5.41) is 2.82. The van der Waals surface area contributed by atoms with Gasteiger partial charge in [-0.2, -0.15) is 0 Å². The molecule has 2 amide bonds. The lowest BCUT2D eigenvalue weighted by Crippen LogP contribution is -2.30. The van der Waals surface area contributed by atoms with E-state index >= 15 is 0 Å². The van der Waals surface area contributed by atoms with Crippen molar-refractivity contribution in [3.63, 3.8) is 0 Å². The van der Waals surface area contributed by atoms with Gasteiger partial charge in [0.15, 0.2) is 11.5 Å². The SMILES string of the molecule is O=C(Nc1ccc2c(c1)OCO2)C1CC(=O)N(CCc2ccccc2F)C1. The zero-order chi connectivity index (χ0) is 18.8. The molecule has 6 nitrogen and oxygen atoms in total. The minimum Gasteiger partial charge on any atom is -0.454 e. The third-order valence-corrected chi connectivity index (χ3v) is 4.83. The molecule has 0 spiro atoms. The number of anilines is 1. The van der Waals surface area contributed by atoms with E-state index in [1.165, 1.54) is 6.07 Å². The highest BCUT2D eigenvalue weighted by Gasteiger charge is 2.34. The smallest absolute Gasteiger partial charge is 0.231 e. The second-order valence-electron chi connectivity index (χ2n) is 6.64. The Morgan fingerprint density at radius 2 is 2.00 bits per heavy atom. The summed E-state index contributed by atoms with van der Waals surface area (Å²) < 4.78 is 24.3. The van der Waals surface area contributed by atoms with Crippen molar-refractivity contribution in [1.82, 2.24) is 4.90 Å². The van der Waals surface area contributed by atoms with Crippen LogP contribution in [0.1, 0.15) is 12.0 Å². The summed E-state index contributed by atoms with van der Waals surface area (Å²) in [7, 11) is 0. The molecule has 2 aliphatic heterocycles. The van der Waals surface area contributed by atoms with Crippen molar-refractivity contribution < 1.29 is 23.5 Å². The number of fused-ring (bicyclic) bond motifs is 1. The van der Waals surface area contributed by atoms with E-state index in [4.69, 9.17) is 9.47 Å². The molecule has 1 N–H and O–H groups in total. The Morgan fingerprint density at radius 1 is 1.19 bits per heavy atom. The zero-order valence-corrected chi connectivity index (χ0v) is 14.6. The molecule has 0 aliphatic carbocycles. The second kappa shape index (κ2) is 7.26. The first-order valence-corrected chi connectivity index (χ1v) is 8.82. The normalized spacial score (nSPS) is 18.0. The van der Waals surface area contributed by atoms with Gasteiger partial charge >= 0.3 is 0 Å². The Morgan fingerprint density at radius 3 is 2.85 bits per heavy atom. The molecular weight excluding hydrogens is 351 g/mol. The fraction of sp³-hybridized carbons (Fsp3) is 0.300. The maximum Gasteiger partial charge on any atom is 0.231 e. The molecule has 1 fully saturated rings.